The first-order chi connectivity index (χ1) is 15.2. The Morgan fingerprint density at radius 1 is 0.750 bits per heavy atom. The van der Waals surface area contributed by atoms with E-state index in [2.05, 4.69) is 19.1 Å². The van der Waals surface area contributed by atoms with Gasteiger partial charge in [0.25, 0.3) is 0 Å². The summed E-state index contributed by atoms with van der Waals surface area (Å²) in [4.78, 5) is 23.4. The van der Waals surface area contributed by atoms with E-state index in [1.165, 1.54) is 83.5 Å². The SMILES string of the molecule is CCCCCCC/C=C/CCCCCCCCCCOC(=O)C1CCCCC1C(=O)[O-].[Na+]. The van der Waals surface area contributed by atoms with Crippen molar-refractivity contribution in [1.29, 1.82) is 0 Å². The van der Waals surface area contributed by atoms with Crippen molar-refractivity contribution in [2.45, 2.75) is 129 Å². The van der Waals surface area contributed by atoms with Crippen LogP contribution in [-0.2, 0) is 14.3 Å². The van der Waals surface area contributed by atoms with Crippen molar-refractivity contribution in [1.82, 2.24) is 0 Å². The second-order valence-electron chi connectivity index (χ2n) is 9.28. The molecule has 0 saturated heterocycles. The van der Waals surface area contributed by atoms with Crippen LogP contribution in [0.3, 0.4) is 0 Å². The molecule has 4 nitrogen and oxygen atoms in total. The summed E-state index contributed by atoms with van der Waals surface area (Å²) in [6, 6.07) is 0. The summed E-state index contributed by atoms with van der Waals surface area (Å²) in [7, 11) is 0. The molecule has 0 N–H and O–H groups in total. The Morgan fingerprint density at radius 2 is 1.22 bits per heavy atom. The molecule has 1 saturated carbocycles. The first-order valence-electron chi connectivity index (χ1n) is 13.2. The van der Waals surface area contributed by atoms with Crippen LogP contribution in [0.4, 0.5) is 0 Å². The molecule has 180 valence electrons. The third-order valence-electron chi connectivity index (χ3n) is 6.52. The van der Waals surface area contributed by atoms with Crippen LogP contribution < -0.4 is 34.7 Å². The average Bonchev–Trinajstić information content (AvgIpc) is 2.78. The van der Waals surface area contributed by atoms with E-state index in [-0.39, 0.29) is 35.5 Å². The second kappa shape index (κ2) is 22.5. The van der Waals surface area contributed by atoms with Gasteiger partial charge in [-0.1, -0.05) is 96.1 Å². The normalized spacial score (nSPS) is 18.4. The van der Waals surface area contributed by atoms with Crippen LogP contribution in [0.2, 0.25) is 0 Å². The fourth-order valence-corrected chi connectivity index (χ4v) is 4.50. The molecule has 0 heterocycles. The zero-order chi connectivity index (χ0) is 22.6. The number of unbranched alkanes of at least 4 members (excludes halogenated alkanes) is 13. The fraction of sp³-hybridized carbons (Fsp3) is 0.852. The van der Waals surface area contributed by atoms with Crippen molar-refractivity contribution in [3.05, 3.63) is 12.2 Å². The van der Waals surface area contributed by atoms with E-state index in [9.17, 15) is 14.7 Å². The van der Waals surface area contributed by atoms with Crippen LogP contribution in [0, 0.1) is 11.8 Å². The Balaban J connectivity index is 0.00000961. The van der Waals surface area contributed by atoms with Gasteiger partial charge in [-0.3, -0.25) is 4.79 Å². The van der Waals surface area contributed by atoms with E-state index >= 15 is 0 Å². The zero-order valence-corrected chi connectivity index (χ0v) is 23.1. The van der Waals surface area contributed by atoms with Gasteiger partial charge in [-0.25, -0.2) is 0 Å². The summed E-state index contributed by atoms with van der Waals surface area (Å²) in [6.07, 6.45) is 26.5. The number of allylic oxidation sites excluding steroid dienone is 2. The summed E-state index contributed by atoms with van der Waals surface area (Å²) >= 11 is 0. The van der Waals surface area contributed by atoms with Gasteiger partial charge in [-0.2, -0.15) is 0 Å². The minimum absolute atomic E-state index is 0. The first kappa shape index (κ1) is 31.7. The number of aliphatic carboxylic acids is 1. The van der Waals surface area contributed by atoms with Crippen LogP contribution in [-0.4, -0.2) is 18.5 Å². The minimum Gasteiger partial charge on any atom is -0.550 e. The molecule has 5 heteroatoms. The van der Waals surface area contributed by atoms with Crippen molar-refractivity contribution in [3.8, 4) is 0 Å². The van der Waals surface area contributed by atoms with Crippen molar-refractivity contribution >= 4 is 11.9 Å². The smallest absolute Gasteiger partial charge is 0.550 e. The molecule has 0 spiro atoms. The monoisotopic (exact) mass is 458 g/mol. The molecule has 1 fully saturated rings. The minimum atomic E-state index is -1.10. The Bertz CT molecular complexity index is 492. The number of carbonyl (C=O) groups is 2. The third-order valence-corrected chi connectivity index (χ3v) is 6.52. The van der Waals surface area contributed by atoms with E-state index in [1.54, 1.807) is 0 Å². The van der Waals surface area contributed by atoms with Gasteiger partial charge < -0.3 is 14.6 Å². The standard InChI is InChI=1S/C27H48O4.Na/c1-2-3-4-5-6-7-8-9-10-11-12-13-14-15-16-17-20-23-31-27(30)25-22-19-18-21-24(25)26(28)29;/h8-9,24-25H,2-7,10-23H2,1H3,(H,28,29);/q;+1/p-1/b9-8+;. The van der Waals surface area contributed by atoms with Crippen molar-refractivity contribution < 1.29 is 49.0 Å². The number of rotatable bonds is 19. The number of esters is 1. The van der Waals surface area contributed by atoms with Gasteiger partial charge >= 0.3 is 35.5 Å². The molecule has 0 aromatic carbocycles. The molecule has 2 unspecified atom stereocenters. The number of carboxylic acid groups (broad SMARTS) is 1. The van der Waals surface area contributed by atoms with Crippen LogP contribution >= 0.6 is 0 Å². The van der Waals surface area contributed by atoms with Crippen molar-refractivity contribution in [2.75, 3.05) is 6.61 Å². The van der Waals surface area contributed by atoms with Crippen molar-refractivity contribution in [2.24, 2.45) is 11.8 Å². The maximum atomic E-state index is 12.2. The maximum absolute atomic E-state index is 12.2. The van der Waals surface area contributed by atoms with E-state index in [0.29, 0.717) is 19.4 Å². The topological polar surface area (TPSA) is 66.4 Å². The predicted molar refractivity (Wildman–Crippen MR) is 125 cm³/mol. The number of ether oxygens (including phenoxy) is 1. The largest absolute Gasteiger partial charge is 1.00 e. The Kier molecular flexibility index (Phi) is 22.2. The molecule has 0 amide bonds. The molecule has 1 aliphatic carbocycles. The molecule has 0 aliphatic heterocycles. The average molecular weight is 459 g/mol. The van der Waals surface area contributed by atoms with Gasteiger partial charge in [-0.15, -0.1) is 0 Å². The Morgan fingerprint density at radius 3 is 1.75 bits per heavy atom. The molecular weight excluding hydrogens is 411 g/mol. The van der Waals surface area contributed by atoms with Crippen LogP contribution in [0.15, 0.2) is 12.2 Å². The van der Waals surface area contributed by atoms with E-state index in [0.717, 1.165) is 25.7 Å². The quantitative estimate of drug-likeness (QED) is 0.129. The second-order valence-corrected chi connectivity index (χ2v) is 9.28. The molecule has 0 radical (unpaired) electrons. The summed E-state index contributed by atoms with van der Waals surface area (Å²) < 4.78 is 5.35. The Labute approximate surface area is 219 Å². The molecule has 0 bridgehead atoms. The van der Waals surface area contributed by atoms with Crippen molar-refractivity contribution in [3.63, 3.8) is 0 Å². The molecule has 0 aromatic heterocycles. The molecule has 32 heavy (non-hydrogen) atoms. The fourth-order valence-electron chi connectivity index (χ4n) is 4.50. The Hall–Kier alpha value is -0.320. The molecule has 0 aromatic rings. The number of carbonyl (C=O) groups excluding carboxylic acids is 2. The van der Waals surface area contributed by atoms with E-state index < -0.39 is 17.8 Å². The van der Waals surface area contributed by atoms with Gasteiger partial charge in [0.1, 0.15) is 0 Å². The predicted octanol–water partition coefficient (Wildman–Crippen LogP) is 3.52. The van der Waals surface area contributed by atoms with Crippen LogP contribution in [0.25, 0.3) is 0 Å². The van der Waals surface area contributed by atoms with Crippen LogP contribution in [0.5, 0.6) is 0 Å². The van der Waals surface area contributed by atoms with Gasteiger partial charge in [-0.05, 0) is 44.9 Å². The number of hydrogen-bond acceptors (Lipinski definition) is 4. The summed E-state index contributed by atoms with van der Waals surface area (Å²) in [5.41, 5.74) is 0. The number of hydrogen-bond donors (Lipinski definition) is 0. The van der Waals surface area contributed by atoms with Gasteiger partial charge in [0.2, 0.25) is 0 Å². The molecule has 1 rings (SSSR count). The number of carboxylic acids is 1. The molecule has 2 atom stereocenters. The van der Waals surface area contributed by atoms with E-state index in [4.69, 9.17) is 4.74 Å². The van der Waals surface area contributed by atoms with Gasteiger partial charge in [0, 0.05) is 11.9 Å². The zero-order valence-electron chi connectivity index (χ0n) is 21.1. The first-order valence-corrected chi connectivity index (χ1v) is 13.2. The third kappa shape index (κ3) is 16.3. The summed E-state index contributed by atoms with van der Waals surface area (Å²) in [5, 5.41) is 11.2. The summed E-state index contributed by atoms with van der Waals surface area (Å²) in [5.74, 6) is -2.60. The summed E-state index contributed by atoms with van der Waals surface area (Å²) in [6.45, 7) is 2.68. The van der Waals surface area contributed by atoms with Crippen LogP contribution in [0.1, 0.15) is 129 Å². The molecular formula is C27H47NaO4. The maximum Gasteiger partial charge on any atom is 1.00 e. The molecule has 1 aliphatic rings. The van der Waals surface area contributed by atoms with Gasteiger partial charge in [0.15, 0.2) is 0 Å². The van der Waals surface area contributed by atoms with Gasteiger partial charge in [0.05, 0.1) is 12.5 Å². The van der Waals surface area contributed by atoms with E-state index in [1.807, 2.05) is 0 Å².